The number of hydrogen-bond acceptors (Lipinski definition) is 2. The zero-order valence-electron chi connectivity index (χ0n) is 11.8. The molecule has 5 heteroatoms. The van der Waals surface area contributed by atoms with Gasteiger partial charge in [-0.15, -0.1) is 0 Å². The van der Waals surface area contributed by atoms with Crippen LogP contribution in [0.15, 0.2) is 48.7 Å². The van der Waals surface area contributed by atoms with Crippen molar-refractivity contribution in [2.45, 2.75) is 6.92 Å². The number of nitrogens with zero attached hydrogens (tertiary/aromatic N) is 1. The van der Waals surface area contributed by atoms with Gasteiger partial charge in [-0.05, 0) is 30.7 Å². The van der Waals surface area contributed by atoms with Crippen molar-refractivity contribution < 1.29 is 9.59 Å². The van der Waals surface area contributed by atoms with E-state index in [0.29, 0.717) is 27.1 Å². The second-order valence-electron chi connectivity index (χ2n) is 5.08. The maximum absolute atomic E-state index is 12.8. The number of hydrogen-bond donors (Lipinski definition) is 1. The smallest absolute Gasteiger partial charge is 0.263 e. The molecule has 1 amide bonds. The van der Waals surface area contributed by atoms with Crippen molar-refractivity contribution in [1.82, 2.24) is 4.57 Å². The van der Waals surface area contributed by atoms with Crippen molar-refractivity contribution in [3.63, 3.8) is 0 Å². The second-order valence-corrected chi connectivity index (χ2v) is 5.49. The maximum Gasteiger partial charge on any atom is 0.263 e. The summed E-state index contributed by atoms with van der Waals surface area (Å²) >= 11 is 6.17. The molecule has 0 fully saturated rings. The molecule has 3 rings (SSSR count). The Balaban J connectivity index is 2.21. The monoisotopic (exact) mass is 312 g/mol. The van der Waals surface area contributed by atoms with E-state index in [0.717, 1.165) is 5.56 Å². The largest absolute Gasteiger partial charge is 0.366 e. The van der Waals surface area contributed by atoms with E-state index in [1.54, 1.807) is 36.4 Å². The van der Waals surface area contributed by atoms with E-state index in [2.05, 4.69) is 0 Å². The van der Waals surface area contributed by atoms with Crippen LogP contribution in [0.3, 0.4) is 0 Å². The summed E-state index contributed by atoms with van der Waals surface area (Å²) in [5.41, 5.74) is 7.68. The molecule has 0 saturated heterocycles. The summed E-state index contributed by atoms with van der Waals surface area (Å²) < 4.78 is 1.41. The Bertz CT molecular complexity index is 912. The standard InChI is InChI=1S/C17H13ClN2O2/c1-10-6-7-12(14(18)8-10)17(22)20-9-13(16(19)21)11-4-2-3-5-15(11)20/h2-9H,1H3,(H2,19,21). The van der Waals surface area contributed by atoms with Crippen LogP contribution in [0.5, 0.6) is 0 Å². The lowest BCUT2D eigenvalue weighted by Gasteiger charge is -2.06. The minimum atomic E-state index is -0.572. The molecule has 1 aromatic heterocycles. The number of para-hydroxylation sites is 1. The molecular weight excluding hydrogens is 300 g/mol. The molecule has 0 unspecified atom stereocenters. The zero-order valence-corrected chi connectivity index (χ0v) is 12.6. The van der Waals surface area contributed by atoms with Gasteiger partial charge in [-0.1, -0.05) is 35.9 Å². The third-order valence-corrected chi connectivity index (χ3v) is 3.86. The van der Waals surface area contributed by atoms with E-state index in [1.165, 1.54) is 10.8 Å². The van der Waals surface area contributed by atoms with Gasteiger partial charge in [-0.2, -0.15) is 0 Å². The van der Waals surface area contributed by atoms with Crippen LogP contribution < -0.4 is 5.73 Å². The van der Waals surface area contributed by atoms with Crippen LogP contribution in [-0.2, 0) is 0 Å². The number of aromatic nitrogens is 1. The first kappa shape index (κ1) is 14.4. The highest BCUT2D eigenvalue weighted by Crippen LogP contribution is 2.24. The van der Waals surface area contributed by atoms with Crippen LogP contribution in [0.4, 0.5) is 0 Å². The van der Waals surface area contributed by atoms with Gasteiger partial charge in [0.15, 0.2) is 0 Å². The first-order valence-electron chi connectivity index (χ1n) is 6.70. The molecule has 0 aliphatic rings. The molecule has 2 N–H and O–H groups in total. The first-order valence-corrected chi connectivity index (χ1v) is 7.07. The first-order chi connectivity index (χ1) is 10.5. The normalized spacial score (nSPS) is 10.8. The molecule has 2 aromatic carbocycles. The van der Waals surface area contributed by atoms with Crippen LogP contribution in [0.2, 0.25) is 5.02 Å². The molecule has 1 heterocycles. The summed E-state index contributed by atoms with van der Waals surface area (Å²) in [5.74, 6) is -0.869. The van der Waals surface area contributed by atoms with E-state index >= 15 is 0 Å². The molecule has 3 aromatic rings. The maximum atomic E-state index is 12.8. The van der Waals surface area contributed by atoms with Gasteiger partial charge < -0.3 is 5.73 Å². The summed E-state index contributed by atoms with van der Waals surface area (Å²) in [7, 11) is 0. The minimum absolute atomic E-state index is 0.297. The SMILES string of the molecule is Cc1ccc(C(=O)n2cc(C(N)=O)c3ccccc32)c(Cl)c1. The van der Waals surface area contributed by atoms with Crippen LogP contribution in [0.1, 0.15) is 26.3 Å². The highest BCUT2D eigenvalue weighted by molar-refractivity contribution is 6.34. The Morgan fingerprint density at radius 3 is 2.50 bits per heavy atom. The third-order valence-electron chi connectivity index (χ3n) is 3.55. The predicted octanol–water partition coefficient (Wildman–Crippen LogP) is 3.39. The molecule has 22 heavy (non-hydrogen) atoms. The molecule has 0 atom stereocenters. The summed E-state index contributed by atoms with van der Waals surface area (Å²) in [5, 5.41) is 1.02. The van der Waals surface area contributed by atoms with Crippen molar-refractivity contribution >= 4 is 34.3 Å². The van der Waals surface area contributed by atoms with Gasteiger partial charge in [0.05, 0.1) is 21.7 Å². The molecule has 0 bridgehead atoms. The molecular formula is C17H13ClN2O2. The van der Waals surface area contributed by atoms with Gasteiger partial charge in [0.1, 0.15) is 0 Å². The molecule has 0 saturated carbocycles. The molecule has 4 nitrogen and oxygen atoms in total. The highest BCUT2D eigenvalue weighted by Gasteiger charge is 2.19. The quantitative estimate of drug-likeness (QED) is 0.788. The number of halogens is 1. The topological polar surface area (TPSA) is 65.1 Å². The van der Waals surface area contributed by atoms with Gasteiger partial charge in [0.25, 0.3) is 11.8 Å². The average Bonchev–Trinajstić information content (AvgIpc) is 2.86. The molecule has 0 aliphatic carbocycles. The van der Waals surface area contributed by atoms with Crippen molar-refractivity contribution in [3.05, 3.63) is 70.4 Å². The summed E-state index contributed by atoms with van der Waals surface area (Å²) in [6.45, 7) is 1.90. The number of fused-ring (bicyclic) bond motifs is 1. The van der Waals surface area contributed by atoms with E-state index in [4.69, 9.17) is 17.3 Å². The Morgan fingerprint density at radius 1 is 1.09 bits per heavy atom. The third kappa shape index (κ3) is 2.27. The fraction of sp³-hybridized carbons (Fsp3) is 0.0588. The summed E-state index contributed by atoms with van der Waals surface area (Å²) in [6.07, 6.45) is 1.46. The van der Waals surface area contributed by atoms with Crippen molar-refractivity contribution in [2.75, 3.05) is 0 Å². The Labute approximate surface area is 132 Å². The summed E-state index contributed by atoms with van der Waals surface area (Å²) in [6, 6.07) is 12.3. The zero-order chi connectivity index (χ0) is 15.9. The summed E-state index contributed by atoms with van der Waals surface area (Å²) in [4.78, 5) is 24.3. The Morgan fingerprint density at radius 2 is 1.82 bits per heavy atom. The van der Waals surface area contributed by atoms with Crippen LogP contribution in [-0.4, -0.2) is 16.4 Å². The molecule has 0 aliphatic heterocycles. The van der Waals surface area contributed by atoms with Crippen molar-refractivity contribution in [2.24, 2.45) is 5.73 Å². The van der Waals surface area contributed by atoms with Crippen molar-refractivity contribution in [1.29, 1.82) is 0 Å². The number of aryl methyl sites for hydroxylation is 1. The predicted molar refractivity (Wildman–Crippen MR) is 86.4 cm³/mol. The lowest BCUT2D eigenvalue weighted by molar-refractivity contribution is 0.0965. The van der Waals surface area contributed by atoms with Crippen LogP contribution in [0.25, 0.3) is 10.9 Å². The number of rotatable bonds is 2. The van der Waals surface area contributed by atoms with Gasteiger partial charge in [-0.25, -0.2) is 0 Å². The molecule has 0 spiro atoms. The van der Waals surface area contributed by atoms with Gasteiger partial charge >= 0.3 is 0 Å². The fourth-order valence-electron chi connectivity index (χ4n) is 2.47. The van der Waals surface area contributed by atoms with Gasteiger partial charge in [0, 0.05) is 11.6 Å². The highest BCUT2D eigenvalue weighted by atomic mass is 35.5. The fourth-order valence-corrected chi connectivity index (χ4v) is 2.78. The van der Waals surface area contributed by atoms with Gasteiger partial charge in [0.2, 0.25) is 0 Å². The number of benzene rings is 2. The number of amides is 1. The van der Waals surface area contributed by atoms with E-state index in [9.17, 15) is 9.59 Å². The Hall–Kier alpha value is -2.59. The van der Waals surface area contributed by atoms with E-state index < -0.39 is 5.91 Å². The average molecular weight is 313 g/mol. The van der Waals surface area contributed by atoms with Crippen LogP contribution in [0, 0.1) is 6.92 Å². The van der Waals surface area contributed by atoms with E-state index in [1.807, 2.05) is 13.0 Å². The molecule has 110 valence electrons. The van der Waals surface area contributed by atoms with Gasteiger partial charge in [-0.3, -0.25) is 14.2 Å². The number of carbonyl (C=O) groups is 2. The van der Waals surface area contributed by atoms with Crippen LogP contribution >= 0.6 is 11.6 Å². The number of primary amides is 1. The molecule has 0 radical (unpaired) electrons. The lowest BCUT2D eigenvalue weighted by atomic mass is 10.1. The minimum Gasteiger partial charge on any atom is -0.366 e. The second kappa shape index (κ2) is 5.31. The lowest BCUT2D eigenvalue weighted by Crippen LogP contribution is -2.13. The number of nitrogens with two attached hydrogens (primary N) is 1. The van der Waals surface area contributed by atoms with E-state index in [-0.39, 0.29) is 5.91 Å². The Kier molecular flexibility index (Phi) is 3.47. The number of carbonyl (C=O) groups excluding carboxylic acids is 2. The van der Waals surface area contributed by atoms with Crippen molar-refractivity contribution in [3.8, 4) is 0 Å².